The monoisotopic (exact) mass is 253 g/mol. The summed E-state index contributed by atoms with van der Waals surface area (Å²) in [4.78, 5) is 25.5. The maximum atomic E-state index is 11.4. The Bertz CT molecular complexity index is 462. The lowest BCUT2D eigenvalue weighted by Gasteiger charge is -2.13. The molecule has 0 bridgehead atoms. The van der Waals surface area contributed by atoms with Crippen LogP contribution in [0, 0.1) is 17.0 Å². The van der Waals surface area contributed by atoms with Gasteiger partial charge in [0.25, 0.3) is 5.69 Å². The van der Waals surface area contributed by atoms with Crippen LogP contribution in [0.1, 0.15) is 19.5 Å². The molecule has 0 spiro atoms. The van der Waals surface area contributed by atoms with Crippen LogP contribution in [0.3, 0.4) is 0 Å². The molecule has 7 heteroatoms. The number of ether oxygens (including phenoxy) is 1. The van der Waals surface area contributed by atoms with Gasteiger partial charge >= 0.3 is 5.97 Å². The first-order chi connectivity index (χ1) is 8.45. The van der Waals surface area contributed by atoms with E-state index in [0.29, 0.717) is 18.1 Å². The zero-order valence-corrected chi connectivity index (χ0v) is 10.5. The average molecular weight is 253 g/mol. The van der Waals surface area contributed by atoms with Gasteiger partial charge in [0.2, 0.25) is 0 Å². The highest BCUT2D eigenvalue weighted by Gasteiger charge is 2.16. The summed E-state index contributed by atoms with van der Waals surface area (Å²) in [5.74, 6) is 0.00830. The number of aromatic nitrogens is 1. The van der Waals surface area contributed by atoms with Gasteiger partial charge in [-0.1, -0.05) is 0 Å². The number of aryl methyl sites for hydroxylation is 1. The molecule has 0 amide bonds. The van der Waals surface area contributed by atoms with Crippen molar-refractivity contribution < 1.29 is 14.5 Å². The standard InChI is InChI=1S/C11H15N3O4/c1-4-18-11(15)8(3)13-10-6-5-9(14(16)17)7(2)12-10/h5-6,8H,4H2,1-3H3,(H,12,13). The molecule has 1 heterocycles. The molecule has 1 N–H and O–H groups in total. The minimum Gasteiger partial charge on any atom is -0.464 e. The molecule has 0 saturated carbocycles. The molecule has 0 aromatic carbocycles. The van der Waals surface area contributed by atoms with Crippen LogP contribution in [0.5, 0.6) is 0 Å². The van der Waals surface area contributed by atoms with Crippen molar-refractivity contribution in [3.8, 4) is 0 Å². The second-order valence-corrected chi connectivity index (χ2v) is 3.68. The normalized spacial score (nSPS) is 11.7. The number of esters is 1. The predicted octanol–water partition coefficient (Wildman–Crippen LogP) is 1.66. The molecule has 7 nitrogen and oxygen atoms in total. The Morgan fingerprint density at radius 2 is 2.28 bits per heavy atom. The second-order valence-electron chi connectivity index (χ2n) is 3.68. The number of hydrogen-bond donors (Lipinski definition) is 1. The van der Waals surface area contributed by atoms with E-state index < -0.39 is 16.9 Å². The van der Waals surface area contributed by atoms with Crippen molar-refractivity contribution in [1.29, 1.82) is 0 Å². The Hall–Kier alpha value is -2.18. The Labute approximate surface area is 104 Å². The van der Waals surface area contributed by atoms with E-state index in [9.17, 15) is 14.9 Å². The van der Waals surface area contributed by atoms with Gasteiger partial charge < -0.3 is 10.1 Å². The number of nitro groups is 1. The quantitative estimate of drug-likeness (QED) is 0.487. The van der Waals surface area contributed by atoms with Crippen LogP contribution < -0.4 is 5.32 Å². The van der Waals surface area contributed by atoms with E-state index in [0.717, 1.165) is 0 Å². The molecule has 1 atom stereocenters. The molecule has 1 aromatic heterocycles. The SMILES string of the molecule is CCOC(=O)C(C)Nc1ccc([N+](=O)[O-])c(C)n1. The molecule has 0 aliphatic heterocycles. The van der Waals surface area contributed by atoms with Crippen LogP contribution in [0.25, 0.3) is 0 Å². The molecular formula is C11H15N3O4. The Kier molecular flexibility index (Phi) is 4.59. The highest BCUT2D eigenvalue weighted by Crippen LogP contribution is 2.18. The molecule has 1 aromatic rings. The Balaban J connectivity index is 2.77. The van der Waals surface area contributed by atoms with Gasteiger partial charge in [-0.2, -0.15) is 0 Å². The van der Waals surface area contributed by atoms with E-state index in [4.69, 9.17) is 4.74 Å². The largest absolute Gasteiger partial charge is 0.464 e. The number of nitrogens with one attached hydrogen (secondary N) is 1. The Morgan fingerprint density at radius 1 is 1.61 bits per heavy atom. The fourth-order valence-electron chi connectivity index (χ4n) is 1.38. The van der Waals surface area contributed by atoms with Crippen molar-refractivity contribution in [3.63, 3.8) is 0 Å². The average Bonchev–Trinajstić information content (AvgIpc) is 2.28. The first-order valence-corrected chi connectivity index (χ1v) is 5.51. The number of carbonyl (C=O) groups is 1. The minimum atomic E-state index is -0.557. The van der Waals surface area contributed by atoms with E-state index in [-0.39, 0.29) is 5.69 Å². The molecule has 18 heavy (non-hydrogen) atoms. The predicted molar refractivity (Wildman–Crippen MR) is 65.3 cm³/mol. The van der Waals surface area contributed by atoms with Crippen LogP contribution in [0.15, 0.2) is 12.1 Å². The molecular weight excluding hydrogens is 238 g/mol. The van der Waals surface area contributed by atoms with Gasteiger partial charge in [-0.25, -0.2) is 9.78 Å². The number of hydrogen-bond acceptors (Lipinski definition) is 6. The highest BCUT2D eigenvalue weighted by atomic mass is 16.6. The number of rotatable bonds is 5. The zero-order valence-electron chi connectivity index (χ0n) is 10.5. The van der Waals surface area contributed by atoms with Gasteiger partial charge in [-0.05, 0) is 26.8 Å². The summed E-state index contributed by atoms with van der Waals surface area (Å²) in [5.41, 5.74) is 0.241. The fourth-order valence-corrected chi connectivity index (χ4v) is 1.38. The van der Waals surface area contributed by atoms with E-state index in [1.165, 1.54) is 12.1 Å². The lowest BCUT2D eigenvalue weighted by atomic mass is 10.3. The van der Waals surface area contributed by atoms with Crippen LogP contribution in [-0.2, 0) is 9.53 Å². The number of nitrogens with zero attached hydrogens (tertiary/aromatic N) is 2. The summed E-state index contributed by atoms with van der Waals surface area (Å²) in [6.45, 7) is 5.20. The maximum Gasteiger partial charge on any atom is 0.328 e. The van der Waals surface area contributed by atoms with Crippen molar-refractivity contribution in [3.05, 3.63) is 27.9 Å². The summed E-state index contributed by atoms with van der Waals surface area (Å²) in [5, 5.41) is 13.4. The first-order valence-electron chi connectivity index (χ1n) is 5.51. The van der Waals surface area contributed by atoms with E-state index in [2.05, 4.69) is 10.3 Å². The van der Waals surface area contributed by atoms with E-state index >= 15 is 0 Å². The van der Waals surface area contributed by atoms with Crippen molar-refractivity contribution in [2.24, 2.45) is 0 Å². The first kappa shape index (κ1) is 13.9. The summed E-state index contributed by atoms with van der Waals surface area (Å²) < 4.78 is 4.83. The van der Waals surface area contributed by atoms with Gasteiger partial charge in [0.15, 0.2) is 0 Å². The van der Waals surface area contributed by atoms with Gasteiger partial charge in [0.1, 0.15) is 17.6 Å². The van der Waals surface area contributed by atoms with Crippen molar-refractivity contribution >= 4 is 17.5 Å². The fraction of sp³-hybridized carbons (Fsp3) is 0.455. The molecule has 0 radical (unpaired) electrons. The smallest absolute Gasteiger partial charge is 0.328 e. The molecule has 0 saturated heterocycles. The summed E-state index contributed by atoms with van der Waals surface area (Å²) in [6, 6.07) is 2.25. The number of anilines is 1. The third-order valence-electron chi connectivity index (χ3n) is 2.26. The van der Waals surface area contributed by atoms with E-state index in [1.54, 1.807) is 20.8 Å². The summed E-state index contributed by atoms with van der Waals surface area (Å²) >= 11 is 0. The zero-order chi connectivity index (χ0) is 13.7. The van der Waals surface area contributed by atoms with Gasteiger partial charge in [0, 0.05) is 6.07 Å². The third-order valence-corrected chi connectivity index (χ3v) is 2.26. The number of carbonyl (C=O) groups excluding carboxylic acids is 1. The highest BCUT2D eigenvalue weighted by molar-refractivity contribution is 5.78. The Morgan fingerprint density at radius 3 is 2.78 bits per heavy atom. The van der Waals surface area contributed by atoms with Gasteiger partial charge in [0.05, 0.1) is 11.5 Å². The maximum absolute atomic E-state index is 11.4. The van der Waals surface area contributed by atoms with Crippen LogP contribution in [-0.4, -0.2) is 28.5 Å². The molecule has 1 unspecified atom stereocenters. The molecule has 98 valence electrons. The third kappa shape index (κ3) is 3.41. The van der Waals surface area contributed by atoms with Gasteiger partial charge in [-0.15, -0.1) is 0 Å². The molecule has 0 aliphatic carbocycles. The van der Waals surface area contributed by atoms with E-state index in [1.807, 2.05) is 0 Å². The summed E-state index contributed by atoms with van der Waals surface area (Å²) in [6.07, 6.45) is 0. The number of pyridine rings is 1. The lowest BCUT2D eigenvalue weighted by Crippen LogP contribution is -2.28. The summed E-state index contributed by atoms with van der Waals surface area (Å²) in [7, 11) is 0. The molecule has 1 rings (SSSR count). The van der Waals surface area contributed by atoms with Crippen LogP contribution in [0.4, 0.5) is 11.5 Å². The molecule has 0 aliphatic rings. The second kappa shape index (κ2) is 5.95. The van der Waals surface area contributed by atoms with Crippen molar-refractivity contribution in [1.82, 2.24) is 4.98 Å². The lowest BCUT2D eigenvalue weighted by molar-refractivity contribution is -0.385. The van der Waals surface area contributed by atoms with Crippen LogP contribution >= 0.6 is 0 Å². The van der Waals surface area contributed by atoms with Gasteiger partial charge in [-0.3, -0.25) is 10.1 Å². The minimum absolute atomic E-state index is 0.0515. The topological polar surface area (TPSA) is 94.4 Å². The van der Waals surface area contributed by atoms with Crippen molar-refractivity contribution in [2.75, 3.05) is 11.9 Å². The van der Waals surface area contributed by atoms with Crippen molar-refractivity contribution in [2.45, 2.75) is 26.8 Å². The van der Waals surface area contributed by atoms with Crippen LogP contribution in [0.2, 0.25) is 0 Å². The molecule has 0 fully saturated rings.